The molecule has 1 aromatic heterocycles. The number of nitrogen functional groups attached to an aromatic ring is 1. The molecule has 1 fully saturated rings. The van der Waals surface area contributed by atoms with Crippen LogP contribution in [0.25, 0.3) is 0 Å². The van der Waals surface area contributed by atoms with Crippen molar-refractivity contribution in [1.29, 1.82) is 0 Å². The van der Waals surface area contributed by atoms with Crippen molar-refractivity contribution in [3.63, 3.8) is 0 Å². The van der Waals surface area contributed by atoms with E-state index in [1.807, 2.05) is 0 Å². The van der Waals surface area contributed by atoms with Gasteiger partial charge in [0.1, 0.15) is 0 Å². The van der Waals surface area contributed by atoms with E-state index >= 15 is 0 Å². The van der Waals surface area contributed by atoms with Gasteiger partial charge in [-0.2, -0.15) is 0 Å². The van der Waals surface area contributed by atoms with E-state index in [1.165, 1.54) is 18.9 Å². The van der Waals surface area contributed by atoms with E-state index < -0.39 is 0 Å². The quantitative estimate of drug-likeness (QED) is 0.849. The molecular formula is C15H25N3O2. The van der Waals surface area contributed by atoms with Crippen molar-refractivity contribution in [3.05, 3.63) is 28.7 Å². The molecule has 1 saturated heterocycles. The Balaban J connectivity index is 1.71. The lowest BCUT2D eigenvalue weighted by molar-refractivity contribution is 0.0985. The Morgan fingerprint density at radius 2 is 2.05 bits per heavy atom. The average molecular weight is 279 g/mol. The van der Waals surface area contributed by atoms with Gasteiger partial charge in [-0.05, 0) is 50.9 Å². The highest BCUT2D eigenvalue weighted by atomic mass is 16.5. The minimum absolute atomic E-state index is 0.0259. The number of nitrogens with two attached hydrogens (primary N) is 1. The highest BCUT2D eigenvalue weighted by Crippen LogP contribution is 2.17. The predicted octanol–water partition coefficient (Wildman–Crippen LogP) is 1.18. The number of methoxy groups -OCH3 is 1. The molecule has 0 aliphatic carbocycles. The van der Waals surface area contributed by atoms with Gasteiger partial charge < -0.3 is 19.9 Å². The molecule has 0 spiro atoms. The summed E-state index contributed by atoms with van der Waals surface area (Å²) in [7, 11) is 1.77. The normalized spacial score (nSPS) is 17.4. The summed E-state index contributed by atoms with van der Waals surface area (Å²) < 4.78 is 6.91. The van der Waals surface area contributed by atoms with Crippen LogP contribution in [0.3, 0.4) is 0 Å². The molecule has 5 heteroatoms. The van der Waals surface area contributed by atoms with Crippen LogP contribution in [-0.2, 0) is 11.3 Å². The Hall–Kier alpha value is -1.33. The fourth-order valence-corrected chi connectivity index (χ4v) is 2.80. The molecule has 1 aliphatic heterocycles. The predicted molar refractivity (Wildman–Crippen MR) is 80.8 cm³/mol. The van der Waals surface area contributed by atoms with Gasteiger partial charge in [0, 0.05) is 38.2 Å². The first-order valence-electron chi connectivity index (χ1n) is 7.36. The van der Waals surface area contributed by atoms with Gasteiger partial charge >= 0.3 is 0 Å². The number of aromatic nitrogens is 1. The zero-order valence-corrected chi connectivity index (χ0v) is 12.3. The Kier molecular flexibility index (Phi) is 5.61. The Morgan fingerprint density at radius 1 is 1.30 bits per heavy atom. The van der Waals surface area contributed by atoms with Crippen LogP contribution in [0.5, 0.6) is 0 Å². The molecule has 0 aromatic carbocycles. The SMILES string of the molecule is COCC1CCN(CCCn2cc(N)ccc2=O)CC1. The van der Waals surface area contributed by atoms with Crippen molar-refractivity contribution in [2.45, 2.75) is 25.8 Å². The second-order valence-electron chi connectivity index (χ2n) is 5.59. The van der Waals surface area contributed by atoms with Gasteiger partial charge in [0.05, 0.1) is 0 Å². The van der Waals surface area contributed by atoms with Gasteiger partial charge in [-0.25, -0.2) is 0 Å². The Bertz CT molecular complexity index is 464. The van der Waals surface area contributed by atoms with Crippen molar-refractivity contribution in [1.82, 2.24) is 9.47 Å². The van der Waals surface area contributed by atoms with Crippen LogP contribution in [0, 0.1) is 5.92 Å². The first-order chi connectivity index (χ1) is 9.69. The number of anilines is 1. The number of pyridine rings is 1. The number of aryl methyl sites for hydroxylation is 1. The highest BCUT2D eigenvalue weighted by Gasteiger charge is 2.18. The van der Waals surface area contributed by atoms with E-state index in [2.05, 4.69) is 4.90 Å². The highest BCUT2D eigenvalue weighted by molar-refractivity contribution is 5.33. The van der Waals surface area contributed by atoms with Gasteiger partial charge in [0.15, 0.2) is 0 Å². The molecule has 2 rings (SSSR count). The smallest absolute Gasteiger partial charge is 0.250 e. The second kappa shape index (κ2) is 7.45. The minimum atomic E-state index is 0.0259. The van der Waals surface area contributed by atoms with Crippen molar-refractivity contribution in [3.8, 4) is 0 Å². The first-order valence-corrected chi connectivity index (χ1v) is 7.36. The van der Waals surface area contributed by atoms with Crippen LogP contribution >= 0.6 is 0 Å². The number of rotatable bonds is 6. The van der Waals surface area contributed by atoms with Crippen LogP contribution in [0.2, 0.25) is 0 Å². The van der Waals surface area contributed by atoms with E-state index in [9.17, 15) is 4.79 Å². The topological polar surface area (TPSA) is 60.5 Å². The summed E-state index contributed by atoms with van der Waals surface area (Å²) in [6.45, 7) is 4.94. The lowest BCUT2D eigenvalue weighted by Gasteiger charge is -2.31. The van der Waals surface area contributed by atoms with E-state index in [0.717, 1.165) is 39.2 Å². The van der Waals surface area contributed by atoms with E-state index in [1.54, 1.807) is 23.9 Å². The van der Waals surface area contributed by atoms with Crippen molar-refractivity contribution in [2.75, 3.05) is 39.1 Å². The molecule has 0 bridgehead atoms. The number of nitrogens with zero attached hydrogens (tertiary/aromatic N) is 2. The average Bonchev–Trinajstić information content (AvgIpc) is 2.45. The monoisotopic (exact) mass is 279 g/mol. The zero-order valence-electron chi connectivity index (χ0n) is 12.3. The summed E-state index contributed by atoms with van der Waals surface area (Å²) in [4.78, 5) is 14.1. The number of hydrogen-bond acceptors (Lipinski definition) is 4. The van der Waals surface area contributed by atoms with Gasteiger partial charge in [-0.15, -0.1) is 0 Å². The molecule has 0 atom stereocenters. The van der Waals surface area contributed by atoms with Crippen molar-refractivity contribution < 1.29 is 4.74 Å². The molecular weight excluding hydrogens is 254 g/mol. The number of hydrogen-bond donors (Lipinski definition) is 1. The van der Waals surface area contributed by atoms with Crippen LogP contribution in [0.1, 0.15) is 19.3 Å². The third-order valence-electron chi connectivity index (χ3n) is 3.99. The van der Waals surface area contributed by atoms with Gasteiger partial charge in [-0.1, -0.05) is 0 Å². The Morgan fingerprint density at radius 3 is 2.75 bits per heavy atom. The summed E-state index contributed by atoms with van der Waals surface area (Å²) >= 11 is 0. The molecule has 2 heterocycles. The first kappa shape index (κ1) is 15.1. The molecule has 0 saturated carbocycles. The lowest BCUT2D eigenvalue weighted by Crippen LogP contribution is -2.36. The zero-order chi connectivity index (χ0) is 14.4. The summed E-state index contributed by atoms with van der Waals surface area (Å²) in [6.07, 6.45) is 5.14. The largest absolute Gasteiger partial charge is 0.398 e. The van der Waals surface area contributed by atoms with Gasteiger partial charge in [-0.3, -0.25) is 4.79 Å². The number of likely N-dealkylation sites (tertiary alicyclic amines) is 1. The van der Waals surface area contributed by atoms with Crippen LogP contribution in [0.4, 0.5) is 5.69 Å². The summed E-state index contributed by atoms with van der Waals surface area (Å²) in [6, 6.07) is 3.19. The van der Waals surface area contributed by atoms with Crippen LogP contribution in [-0.4, -0.2) is 42.8 Å². The molecule has 20 heavy (non-hydrogen) atoms. The maximum atomic E-state index is 11.6. The summed E-state index contributed by atoms with van der Waals surface area (Å²) in [5.41, 5.74) is 6.37. The third-order valence-corrected chi connectivity index (χ3v) is 3.99. The molecule has 112 valence electrons. The van der Waals surface area contributed by atoms with Crippen LogP contribution in [0.15, 0.2) is 23.1 Å². The maximum Gasteiger partial charge on any atom is 0.250 e. The maximum absolute atomic E-state index is 11.6. The van der Waals surface area contributed by atoms with E-state index in [4.69, 9.17) is 10.5 Å². The van der Waals surface area contributed by atoms with E-state index in [-0.39, 0.29) is 5.56 Å². The molecule has 0 radical (unpaired) electrons. The van der Waals surface area contributed by atoms with Crippen molar-refractivity contribution in [2.24, 2.45) is 5.92 Å². The van der Waals surface area contributed by atoms with Crippen LogP contribution < -0.4 is 11.3 Å². The molecule has 0 unspecified atom stereocenters. The van der Waals surface area contributed by atoms with E-state index in [0.29, 0.717) is 11.6 Å². The molecule has 0 amide bonds. The number of ether oxygens (including phenoxy) is 1. The molecule has 5 nitrogen and oxygen atoms in total. The second-order valence-corrected chi connectivity index (χ2v) is 5.59. The lowest BCUT2D eigenvalue weighted by atomic mass is 9.98. The van der Waals surface area contributed by atoms with Gasteiger partial charge in [0.25, 0.3) is 5.56 Å². The Labute approximate surface area is 120 Å². The summed E-state index contributed by atoms with van der Waals surface area (Å²) in [5.74, 6) is 0.716. The summed E-state index contributed by atoms with van der Waals surface area (Å²) in [5, 5.41) is 0. The van der Waals surface area contributed by atoms with Crippen molar-refractivity contribution >= 4 is 5.69 Å². The standard InChI is InChI=1S/C15H25N3O2/c1-20-12-13-5-9-17(10-6-13)7-2-8-18-11-14(16)3-4-15(18)19/h3-4,11,13H,2,5-10,12,16H2,1H3. The molecule has 2 N–H and O–H groups in total. The molecule has 1 aliphatic rings. The fourth-order valence-electron chi connectivity index (χ4n) is 2.80. The van der Waals surface area contributed by atoms with Gasteiger partial charge in [0.2, 0.25) is 0 Å². The third kappa shape index (κ3) is 4.35. The fraction of sp³-hybridized carbons (Fsp3) is 0.667. The minimum Gasteiger partial charge on any atom is -0.398 e. The number of piperidine rings is 1. The molecule has 1 aromatic rings.